The number of rotatable bonds is 37. The number of carboxylic acid groups (broad SMARTS) is 5. The van der Waals surface area contributed by atoms with Gasteiger partial charge in [-0.25, -0.2) is 4.57 Å². The molecule has 71 heavy (non-hydrogen) atoms. The predicted octanol–water partition coefficient (Wildman–Crippen LogP) is 7.88. The van der Waals surface area contributed by atoms with E-state index in [-0.39, 0.29) is 78.5 Å². The van der Waals surface area contributed by atoms with Crippen molar-refractivity contribution < 1.29 is 127 Å². The van der Waals surface area contributed by atoms with Gasteiger partial charge in [-0.05, 0) is 12.8 Å². The zero-order chi connectivity index (χ0) is 55.3. The number of carbonyl (C=O) groups excluding carboxylic acids is 2. The molecule has 1 unspecified atom stereocenters. The number of nitrogens with one attached hydrogen (secondary N) is 1. The smallest absolute Gasteiger partial charge is 0.472 e. The van der Waals surface area contributed by atoms with Crippen molar-refractivity contribution in [2.24, 2.45) is 17.2 Å². The number of aliphatic carboxylic acids is 5. The fraction of sp³-hybridized carbons (Fsp3) is 0.851. The van der Waals surface area contributed by atoms with Gasteiger partial charge in [0.2, 0.25) is 0 Å². The van der Waals surface area contributed by atoms with Crippen LogP contribution in [0.4, 0.5) is 0 Å². The fourth-order valence-corrected chi connectivity index (χ4v) is 5.96. The molecule has 22 nitrogen and oxygen atoms in total. The van der Waals surface area contributed by atoms with Crippen LogP contribution in [0.5, 0.6) is 0 Å². The molecule has 0 amide bonds. The first-order valence-electron chi connectivity index (χ1n) is 24.7. The minimum Gasteiger partial charge on any atom is -0.481 e. The SMILES string of the molecule is CC(=O)O.CC(=O)O.CC(=O)O.CC(=O)O.CC(=O)O.CCCCCCCCCCCCCC(=O)OC[C@H](COP(=O)(O)OCCN)OC(=O)CCCCCCCCCCCCC.NCCNCCN.[Gd]. The van der Waals surface area contributed by atoms with Gasteiger partial charge in [0.25, 0.3) is 29.8 Å². The van der Waals surface area contributed by atoms with E-state index in [1.165, 1.54) is 103 Å². The van der Waals surface area contributed by atoms with Gasteiger partial charge in [0.1, 0.15) is 6.61 Å². The molecule has 0 aromatic heterocycles. The minimum atomic E-state index is -4.35. The third-order valence-corrected chi connectivity index (χ3v) is 9.12. The van der Waals surface area contributed by atoms with Crippen molar-refractivity contribution >= 4 is 49.6 Å². The molecule has 2 atom stereocenters. The second-order valence-electron chi connectivity index (χ2n) is 15.7. The summed E-state index contributed by atoms with van der Waals surface area (Å²) in [6, 6.07) is 0. The van der Waals surface area contributed by atoms with Crippen molar-refractivity contribution in [3.8, 4) is 0 Å². The number of hydrogen-bond donors (Lipinski definition) is 10. The molecule has 0 aliphatic heterocycles. The molecular weight excluding hydrogens is 1100 g/mol. The van der Waals surface area contributed by atoms with E-state index < -0.39 is 56.3 Å². The van der Waals surface area contributed by atoms with Gasteiger partial charge in [0.15, 0.2) is 6.10 Å². The van der Waals surface area contributed by atoms with Crippen molar-refractivity contribution in [1.82, 2.24) is 5.32 Å². The molecule has 0 aliphatic rings. The summed E-state index contributed by atoms with van der Waals surface area (Å²) < 4.78 is 32.5. The maximum atomic E-state index is 12.4. The number of phosphoric ester groups is 1. The van der Waals surface area contributed by atoms with Crippen LogP contribution in [-0.4, -0.2) is 131 Å². The Kier molecular flexibility index (Phi) is 86.3. The van der Waals surface area contributed by atoms with Crippen molar-refractivity contribution in [3.05, 3.63) is 0 Å². The fourth-order valence-electron chi connectivity index (χ4n) is 5.20. The monoisotopic (exact) mass is 1200 g/mol. The Labute approximate surface area is 457 Å². The van der Waals surface area contributed by atoms with Crippen molar-refractivity contribution in [2.45, 2.75) is 209 Å². The van der Waals surface area contributed by atoms with Gasteiger partial charge in [-0.1, -0.05) is 142 Å². The largest absolute Gasteiger partial charge is 0.481 e. The van der Waals surface area contributed by atoms with E-state index in [0.29, 0.717) is 19.5 Å². The predicted molar refractivity (Wildman–Crippen MR) is 271 cm³/mol. The van der Waals surface area contributed by atoms with Crippen LogP contribution in [0.2, 0.25) is 0 Å². The van der Waals surface area contributed by atoms with Crippen LogP contribution < -0.4 is 22.5 Å². The maximum Gasteiger partial charge on any atom is 0.472 e. The number of phosphoric acid groups is 1. The number of esters is 2. The summed E-state index contributed by atoms with van der Waals surface area (Å²) in [5.41, 5.74) is 15.6. The average Bonchev–Trinajstić information content (AvgIpc) is 3.24. The van der Waals surface area contributed by atoms with Crippen LogP contribution in [0, 0.1) is 39.9 Å². The first-order valence-corrected chi connectivity index (χ1v) is 26.2. The Morgan fingerprint density at radius 2 is 0.746 bits per heavy atom. The molecule has 0 rings (SSSR count). The van der Waals surface area contributed by atoms with E-state index in [1.807, 2.05) is 0 Å². The first kappa shape index (κ1) is 85.3. The molecule has 0 aromatic rings. The number of carboxylic acids is 5. The Bertz CT molecular complexity index is 1170. The van der Waals surface area contributed by atoms with Crippen molar-refractivity contribution in [1.29, 1.82) is 0 Å². The van der Waals surface area contributed by atoms with Crippen LogP contribution in [-0.2, 0) is 56.6 Å². The number of carbonyl (C=O) groups is 7. The summed E-state index contributed by atoms with van der Waals surface area (Å²) in [5, 5.41) is 40.1. The number of hydrogen-bond acceptors (Lipinski definition) is 16. The zero-order valence-electron chi connectivity index (χ0n) is 44.3. The summed E-state index contributed by atoms with van der Waals surface area (Å²) in [4.78, 5) is 79.5. The molecule has 0 saturated heterocycles. The normalized spacial score (nSPS) is 10.9. The molecule has 0 spiro atoms. The standard InChI is InChI=1S/C33H66NO8P.C4H13N3.5C2H4O2.Gd/c1-3-5-7-9-11-13-15-17-19-21-23-25-32(35)39-29-31(30-41-43(37,38)40-28-27-34)42-33(36)26-24-22-20-18-16-14-12-10-8-6-4-2;5-1-3-7-4-2-6;5*1-2(3)4;/h31H,3-30,34H2,1-2H3,(H,37,38);7H,1-6H2;5*1H3,(H,3,4);/t31-;;;;;;;/m1......./s1. The molecule has 0 bridgehead atoms. The quantitative estimate of drug-likeness (QED) is 0.0160. The summed E-state index contributed by atoms with van der Waals surface area (Å²) in [6.07, 6.45) is 25.6. The number of ether oxygens (including phenoxy) is 2. The first-order chi connectivity index (χ1) is 32.9. The van der Waals surface area contributed by atoms with E-state index in [4.69, 9.17) is 85.2 Å². The van der Waals surface area contributed by atoms with Crippen LogP contribution in [0.3, 0.4) is 0 Å². The minimum absolute atomic E-state index is 0. The van der Waals surface area contributed by atoms with Crippen molar-refractivity contribution in [3.63, 3.8) is 0 Å². The third kappa shape index (κ3) is 128. The molecule has 0 fully saturated rings. The topological polar surface area (TPSA) is 385 Å². The van der Waals surface area contributed by atoms with Gasteiger partial charge in [-0.2, -0.15) is 0 Å². The Morgan fingerprint density at radius 1 is 0.465 bits per heavy atom. The third-order valence-electron chi connectivity index (χ3n) is 8.14. The molecular formula is C47H99GdN4O18P. The summed E-state index contributed by atoms with van der Waals surface area (Å²) in [6.45, 7) is 12.3. The Balaban J connectivity index is -0.000000191. The number of nitrogens with two attached hydrogens (primary N) is 3. The van der Waals surface area contributed by atoms with Gasteiger partial charge in [-0.15, -0.1) is 0 Å². The second-order valence-corrected chi connectivity index (χ2v) is 17.1. The Morgan fingerprint density at radius 3 is 1.03 bits per heavy atom. The second kappa shape index (κ2) is 71.8. The van der Waals surface area contributed by atoms with E-state index in [9.17, 15) is 19.0 Å². The summed E-state index contributed by atoms with van der Waals surface area (Å²) >= 11 is 0. The van der Waals surface area contributed by atoms with E-state index in [2.05, 4.69) is 19.2 Å². The van der Waals surface area contributed by atoms with E-state index in [0.717, 1.165) is 79.8 Å². The summed E-state index contributed by atoms with van der Waals surface area (Å²) in [7, 11) is -4.35. The molecule has 0 heterocycles. The van der Waals surface area contributed by atoms with Crippen LogP contribution in [0.15, 0.2) is 0 Å². The zero-order valence-corrected chi connectivity index (χ0v) is 47.5. The average molecular weight is 1200 g/mol. The molecule has 0 saturated carbocycles. The summed E-state index contributed by atoms with van der Waals surface area (Å²) in [5.74, 6) is -4.99. The molecule has 0 aromatic carbocycles. The van der Waals surface area contributed by atoms with E-state index >= 15 is 0 Å². The molecule has 13 N–H and O–H groups in total. The molecule has 24 heteroatoms. The van der Waals surface area contributed by atoms with Gasteiger partial charge in [-0.3, -0.25) is 42.6 Å². The molecule has 428 valence electrons. The van der Waals surface area contributed by atoms with Crippen LogP contribution in [0.1, 0.15) is 203 Å². The van der Waals surface area contributed by atoms with Crippen LogP contribution in [0.25, 0.3) is 0 Å². The van der Waals surface area contributed by atoms with Gasteiger partial charge < -0.3 is 62.4 Å². The van der Waals surface area contributed by atoms with Gasteiger partial charge >= 0.3 is 19.8 Å². The van der Waals surface area contributed by atoms with Gasteiger partial charge in [0, 0.05) is 120 Å². The number of unbranched alkanes of at least 4 members (excludes halogenated alkanes) is 20. The molecule has 0 radical (unpaired) electrons. The molecule has 0 aliphatic carbocycles. The van der Waals surface area contributed by atoms with Crippen molar-refractivity contribution in [2.75, 3.05) is 52.5 Å². The van der Waals surface area contributed by atoms with E-state index in [1.54, 1.807) is 0 Å². The van der Waals surface area contributed by atoms with Gasteiger partial charge in [0.05, 0.1) is 13.2 Å². The van der Waals surface area contributed by atoms with Crippen LogP contribution >= 0.6 is 7.82 Å². The maximum absolute atomic E-state index is 12.4. The Hall–Kier alpha value is -2.44.